The van der Waals surface area contributed by atoms with Crippen molar-refractivity contribution in [1.82, 2.24) is 19.7 Å². The molecule has 1 amide bonds. The quantitative estimate of drug-likeness (QED) is 0.850. The second-order valence-electron chi connectivity index (χ2n) is 6.67. The normalized spacial score (nSPS) is 20.2. The summed E-state index contributed by atoms with van der Waals surface area (Å²) in [5.74, 6) is 1.81. The molecule has 6 nitrogen and oxygen atoms in total. The highest BCUT2D eigenvalue weighted by Crippen LogP contribution is 2.25. The van der Waals surface area contributed by atoms with Crippen molar-refractivity contribution < 1.29 is 9.53 Å². The van der Waals surface area contributed by atoms with Gasteiger partial charge in [-0.25, -0.2) is 9.67 Å². The third-order valence-electron chi connectivity index (χ3n) is 4.91. The summed E-state index contributed by atoms with van der Waals surface area (Å²) in [6.45, 7) is 6.63. The van der Waals surface area contributed by atoms with E-state index in [9.17, 15) is 4.79 Å². The molecular weight excluding hydrogens is 304 g/mol. The van der Waals surface area contributed by atoms with Crippen molar-refractivity contribution in [3.05, 3.63) is 46.5 Å². The number of carbonyl (C=O) groups is 1. The highest BCUT2D eigenvalue weighted by molar-refractivity contribution is 5.94. The van der Waals surface area contributed by atoms with Crippen LogP contribution < -0.4 is 0 Å². The largest absolute Gasteiger partial charge is 0.372 e. The number of nitrogens with zero attached hydrogens (tertiary/aromatic N) is 4. The van der Waals surface area contributed by atoms with Crippen LogP contribution in [0.2, 0.25) is 0 Å². The number of piperidine rings is 1. The van der Waals surface area contributed by atoms with E-state index < -0.39 is 0 Å². The second-order valence-corrected chi connectivity index (χ2v) is 6.67. The fraction of sp³-hybridized carbons (Fsp3) is 0.500. The molecule has 2 aliphatic heterocycles. The number of rotatable bonds is 2. The highest BCUT2D eigenvalue weighted by Gasteiger charge is 2.27. The molecule has 3 heterocycles. The number of ether oxygens (including phenoxy) is 1. The van der Waals surface area contributed by atoms with E-state index in [4.69, 9.17) is 4.74 Å². The predicted octanol–water partition coefficient (Wildman–Crippen LogP) is 2.40. The van der Waals surface area contributed by atoms with Crippen molar-refractivity contribution in [2.75, 3.05) is 13.1 Å². The molecule has 126 valence electrons. The first-order valence-corrected chi connectivity index (χ1v) is 8.50. The Hall–Kier alpha value is -2.21. The maximum atomic E-state index is 12.9. The number of likely N-dealkylation sites (tertiary alicyclic amines) is 1. The average Bonchev–Trinajstić information content (AvgIpc) is 3.19. The Labute approximate surface area is 141 Å². The van der Waals surface area contributed by atoms with Gasteiger partial charge in [-0.05, 0) is 49.9 Å². The summed E-state index contributed by atoms with van der Waals surface area (Å²) >= 11 is 0. The van der Waals surface area contributed by atoms with E-state index >= 15 is 0 Å². The number of hydrogen-bond donors (Lipinski definition) is 0. The lowest BCUT2D eigenvalue weighted by Crippen LogP contribution is -2.41. The molecule has 0 N–H and O–H groups in total. The van der Waals surface area contributed by atoms with Gasteiger partial charge in [0.15, 0.2) is 0 Å². The van der Waals surface area contributed by atoms with Gasteiger partial charge in [-0.2, -0.15) is 5.10 Å². The minimum absolute atomic E-state index is 0.101. The first kappa shape index (κ1) is 15.3. The maximum Gasteiger partial charge on any atom is 0.253 e. The zero-order valence-electron chi connectivity index (χ0n) is 14.2. The SMILES string of the molecule is Cc1nc(C)n([C@@H]2CCCN(C(=O)c3ccc4c(c3)COC4)C2)n1. The van der Waals surface area contributed by atoms with Crippen LogP contribution in [0, 0.1) is 13.8 Å². The molecule has 1 fully saturated rings. The summed E-state index contributed by atoms with van der Waals surface area (Å²) in [5.41, 5.74) is 3.08. The summed E-state index contributed by atoms with van der Waals surface area (Å²) in [6, 6.07) is 6.13. The fourth-order valence-corrected chi connectivity index (χ4v) is 3.71. The lowest BCUT2D eigenvalue weighted by atomic mass is 10.0. The first-order chi connectivity index (χ1) is 11.6. The molecule has 1 saturated heterocycles. The molecule has 0 aliphatic carbocycles. The Morgan fingerprint density at radius 1 is 1.25 bits per heavy atom. The molecule has 4 rings (SSSR count). The Kier molecular flexibility index (Phi) is 3.84. The Balaban J connectivity index is 1.53. The molecule has 1 aromatic heterocycles. The van der Waals surface area contributed by atoms with Gasteiger partial charge in [-0.3, -0.25) is 4.79 Å². The average molecular weight is 326 g/mol. The standard InChI is InChI=1S/C18H22N4O2/c1-12-19-13(2)22(20-12)17-4-3-7-21(9-17)18(23)14-5-6-15-10-24-11-16(15)8-14/h5-6,8,17H,3-4,7,9-11H2,1-2H3/t17-/m1/s1. The van der Waals surface area contributed by atoms with Crippen LogP contribution in [0.1, 0.15) is 52.0 Å². The molecular formula is C18H22N4O2. The zero-order chi connectivity index (χ0) is 16.7. The third-order valence-corrected chi connectivity index (χ3v) is 4.91. The Morgan fingerprint density at radius 3 is 2.88 bits per heavy atom. The monoisotopic (exact) mass is 326 g/mol. The maximum absolute atomic E-state index is 12.9. The molecule has 1 atom stereocenters. The van der Waals surface area contributed by atoms with Crippen molar-refractivity contribution >= 4 is 5.91 Å². The summed E-state index contributed by atoms with van der Waals surface area (Å²) < 4.78 is 7.42. The van der Waals surface area contributed by atoms with E-state index in [0.717, 1.165) is 42.2 Å². The minimum atomic E-state index is 0.101. The van der Waals surface area contributed by atoms with Crippen LogP contribution in [-0.2, 0) is 18.0 Å². The molecule has 0 unspecified atom stereocenters. The van der Waals surface area contributed by atoms with Crippen LogP contribution in [0.4, 0.5) is 0 Å². The van der Waals surface area contributed by atoms with Gasteiger partial charge in [0.05, 0.1) is 19.3 Å². The molecule has 2 aliphatic rings. The van der Waals surface area contributed by atoms with Crippen molar-refractivity contribution in [1.29, 1.82) is 0 Å². The molecule has 0 spiro atoms. The van der Waals surface area contributed by atoms with Gasteiger partial charge in [-0.15, -0.1) is 0 Å². The van der Waals surface area contributed by atoms with Gasteiger partial charge in [-0.1, -0.05) is 6.07 Å². The lowest BCUT2D eigenvalue weighted by Gasteiger charge is -2.33. The summed E-state index contributed by atoms with van der Waals surface area (Å²) in [7, 11) is 0. The highest BCUT2D eigenvalue weighted by atomic mass is 16.5. The van der Waals surface area contributed by atoms with E-state index in [1.54, 1.807) is 0 Å². The molecule has 0 radical (unpaired) electrons. The lowest BCUT2D eigenvalue weighted by molar-refractivity contribution is 0.0671. The van der Waals surface area contributed by atoms with Gasteiger partial charge in [0.25, 0.3) is 5.91 Å². The Morgan fingerprint density at radius 2 is 2.08 bits per heavy atom. The van der Waals surface area contributed by atoms with Crippen LogP contribution in [0.25, 0.3) is 0 Å². The first-order valence-electron chi connectivity index (χ1n) is 8.50. The number of amides is 1. The summed E-state index contributed by atoms with van der Waals surface area (Å²) in [6.07, 6.45) is 2.02. The molecule has 2 aromatic rings. The molecule has 24 heavy (non-hydrogen) atoms. The smallest absolute Gasteiger partial charge is 0.253 e. The van der Waals surface area contributed by atoms with Crippen LogP contribution in [0.15, 0.2) is 18.2 Å². The molecule has 0 bridgehead atoms. The van der Waals surface area contributed by atoms with Crippen molar-refractivity contribution in [3.63, 3.8) is 0 Å². The van der Waals surface area contributed by atoms with Gasteiger partial charge < -0.3 is 9.64 Å². The number of aromatic nitrogens is 3. The van der Waals surface area contributed by atoms with Crippen LogP contribution in [0.5, 0.6) is 0 Å². The van der Waals surface area contributed by atoms with Crippen LogP contribution in [0.3, 0.4) is 0 Å². The number of hydrogen-bond acceptors (Lipinski definition) is 4. The third kappa shape index (κ3) is 2.71. The molecule has 0 saturated carbocycles. The van der Waals surface area contributed by atoms with E-state index in [0.29, 0.717) is 19.8 Å². The number of benzene rings is 1. The predicted molar refractivity (Wildman–Crippen MR) is 88.6 cm³/mol. The van der Waals surface area contributed by atoms with E-state index in [1.165, 1.54) is 5.56 Å². The number of carbonyl (C=O) groups excluding carboxylic acids is 1. The fourth-order valence-electron chi connectivity index (χ4n) is 3.71. The van der Waals surface area contributed by atoms with Crippen molar-refractivity contribution in [2.24, 2.45) is 0 Å². The van der Waals surface area contributed by atoms with Gasteiger partial charge in [0.1, 0.15) is 11.6 Å². The van der Waals surface area contributed by atoms with Gasteiger partial charge in [0, 0.05) is 18.7 Å². The van der Waals surface area contributed by atoms with Crippen LogP contribution >= 0.6 is 0 Å². The second kappa shape index (κ2) is 6.02. The van der Waals surface area contributed by atoms with E-state index in [1.807, 2.05) is 41.6 Å². The topological polar surface area (TPSA) is 60.2 Å². The molecule has 1 aromatic carbocycles. The Bertz CT molecular complexity index is 783. The van der Waals surface area contributed by atoms with Gasteiger partial charge in [0.2, 0.25) is 0 Å². The minimum Gasteiger partial charge on any atom is -0.372 e. The van der Waals surface area contributed by atoms with Crippen LogP contribution in [-0.4, -0.2) is 38.7 Å². The van der Waals surface area contributed by atoms with E-state index in [2.05, 4.69) is 10.1 Å². The summed E-state index contributed by atoms with van der Waals surface area (Å²) in [5, 5.41) is 4.50. The van der Waals surface area contributed by atoms with Crippen molar-refractivity contribution in [2.45, 2.75) is 45.9 Å². The van der Waals surface area contributed by atoms with Gasteiger partial charge >= 0.3 is 0 Å². The summed E-state index contributed by atoms with van der Waals surface area (Å²) in [4.78, 5) is 19.2. The number of fused-ring (bicyclic) bond motifs is 1. The zero-order valence-corrected chi connectivity index (χ0v) is 14.2. The van der Waals surface area contributed by atoms with Crippen molar-refractivity contribution in [3.8, 4) is 0 Å². The number of aryl methyl sites for hydroxylation is 2. The molecule has 6 heteroatoms. The van der Waals surface area contributed by atoms with E-state index in [-0.39, 0.29) is 11.9 Å².